The van der Waals surface area contributed by atoms with Crippen molar-refractivity contribution in [1.29, 1.82) is 0 Å². The molecule has 0 bridgehead atoms. The molecule has 0 saturated carbocycles. The highest BCUT2D eigenvalue weighted by molar-refractivity contribution is 7.89. The topological polar surface area (TPSA) is 95.7 Å². The van der Waals surface area contributed by atoms with Crippen molar-refractivity contribution in [2.75, 3.05) is 13.2 Å². The van der Waals surface area contributed by atoms with E-state index in [1.165, 1.54) is 0 Å². The van der Waals surface area contributed by atoms with Crippen LogP contribution >= 0.6 is 0 Å². The molecule has 2 N–H and O–H groups in total. The van der Waals surface area contributed by atoms with Gasteiger partial charge in [-0.1, -0.05) is 0 Å². The van der Waals surface area contributed by atoms with Crippen LogP contribution in [0.3, 0.4) is 0 Å². The third-order valence-corrected chi connectivity index (χ3v) is 3.21. The van der Waals surface area contributed by atoms with Gasteiger partial charge in [0.05, 0.1) is 23.7 Å². The first-order valence-electron chi connectivity index (χ1n) is 4.98. The third-order valence-electron chi connectivity index (χ3n) is 2.32. The summed E-state index contributed by atoms with van der Waals surface area (Å²) in [6, 6.07) is 2.59. The summed E-state index contributed by atoms with van der Waals surface area (Å²) in [5.41, 5.74) is -0.203. The van der Waals surface area contributed by atoms with E-state index in [0.29, 0.717) is 0 Å². The molecule has 98 valence electrons. The molecule has 1 aromatic rings. The molecular weight excluding hydrogens is 265 g/mol. The van der Waals surface area contributed by atoms with Gasteiger partial charge in [0.25, 0.3) is 0 Å². The molecule has 1 heterocycles. The summed E-state index contributed by atoms with van der Waals surface area (Å²) in [7, 11) is -4.07. The second-order valence-corrected chi connectivity index (χ2v) is 5.35. The Hall–Kier alpha value is -1.51. The predicted molar refractivity (Wildman–Crippen MR) is 57.8 cm³/mol. The first-order valence-corrected chi connectivity index (χ1v) is 6.53. The number of rotatable bonds is 3. The maximum absolute atomic E-state index is 13.2. The fraction of sp³-hybridized carbons (Fsp3) is 0.300. The molecule has 1 saturated heterocycles. The van der Waals surface area contributed by atoms with Crippen molar-refractivity contribution < 1.29 is 27.1 Å². The summed E-state index contributed by atoms with van der Waals surface area (Å²) in [6.45, 7) is 0.562. The minimum atomic E-state index is -4.07. The number of esters is 1. The Morgan fingerprint density at radius 1 is 1.39 bits per heavy atom. The number of carbonyl (C=O) groups is 1. The normalized spacial score (nSPS) is 16.1. The van der Waals surface area contributed by atoms with Gasteiger partial charge in [0.2, 0.25) is 10.0 Å². The zero-order valence-corrected chi connectivity index (χ0v) is 9.94. The number of ether oxygens (including phenoxy) is 2. The molecule has 18 heavy (non-hydrogen) atoms. The van der Waals surface area contributed by atoms with Crippen molar-refractivity contribution >= 4 is 16.0 Å². The standard InChI is InChI=1S/C10H10FNO5S/c11-7-1-6(2-9(3-7)18(12,14)15)10(13)17-8-4-16-5-8/h1-3,8H,4-5H2,(H2,12,14,15). The van der Waals surface area contributed by atoms with Crippen LogP contribution in [0.25, 0.3) is 0 Å². The van der Waals surface area contributed by atoms with Crippen LogP contribution in [0.5, 0.6) is 0 Å². The molecule has 0 atom stereocenters. The number of nitrogens with two attached hydrogens (primary N) is 1. The van der Waals surface area contributed by atoms with Crippen molar-refractivity contribution in [2.45, 2.75) is 11.0 Å². The lowest BCUT2D eigenvalue weighted by Crippen LogP contribution is -2.37. The average Bonchev–Trinajstić information content (AvgIpc) is 2.21. The zero-order valence-electron chi connectivity index (χ0n) is 9.13. The van der Waals surface area contributed by atoms with Gasteiger partial charge >= 0.3 is 5.97 Å². The predicted octanol–water partition coefficient (Wildman–Crippen LogP) is 0.0287. The molecule has 0 unspecified atom stereocenters. The van der Waals surface area contributed by atoms with Gasteiger partial charge in [-0.15, -0.1) is 0 Å². The Bertz CT molecular complexity index is 582. The lowest BCUT2D eigenvalue weighted by Gasteiger charge is -2.25. The number of primary sulfonamides is 1. The van der Waals surface area contributed by atoms with E-state index in [4.69, 9.17) is 14.6 Å². The molecule has 0 aliphatic carbocycles. The molecule has 1 aliphatic heterocycles. The van der Waals surface area contributed by atoms with E-state index in [1.54, 1.807) is 0 Å². The van der Waals surface area contributed by atoms with Crippen LogP contribution in [-0.2, 0) is 19.5 Å². The highest BCUT2D eigenvalue weighted by atomic mass is 32.2. The van der Waals surface area contributed by atoms with Crippen molar-refractivity contribution in [1.82, 2.24) is 0 Å². The molecule has 0 amide bonds. The second kappa shape index (κ2) is 4.63. The Labute approximate surface area is 103 Å². The van der Waals surface area contributed by atoms with E-state index in [9.17, 15) is 17.6 Å². The Balaban J connectivity index is 2.27. The van der Waals surface area contributed by atoms with E-state index in [2.05, 4.69) is 0 Å². The Kier molecular flexibility index (Phi) is 3.33. The van der Waals surface area contributed by atoms with Gasteiger partial charge in [0, 0.05) is 0 Å². The van der Waals surface area contributed by atoms with Gasteiger partial charge in [-0.05, 0) is 18.2 Å². The van der Waals surface area contributed by atoms with Gasteiger partial charge in [-0.3, -0.25) is 0 Å². The minimum absolute atomic E-state index is 0.203. The SMILES string of the molecule is NS(=O)(=O)c1cc(F)cc(C(=O)OC2COC2)c1. The molecule has 1 fully saturated rings. The number of halogens is 1. The second-order valence-electron chi connectivity index (χ2n) is 3.79. The Morgan fingerprint density at radius 3 is 2.56 bits per heavy atom. The smallest absolute Gasteiger partial charge is 0.338 e. The van der Waals surface area contributed by atoms with Crippen LogP contribution in [0.1, 0.15) is 10.4 Å². The quantitative estimate of drug-likeness (QED) is 0.785. The first kappa shape index (κ1) is 12.9. The van der Waals surface area contributed by atoms with Crippen molar-refractivity contribution in [3.05, 3.63) is 29.6 Å². The van der Waals surface area contributed by atoms with Crippen LogP contribution in [0.4, 0.5) is 4.39 Å². The van der Waals surface area contributed by atoms with E-state index >= 15 is 0 Å². The van der Waals surface area contributed by atoms with Gasteiger partial charge in [-0.25, -0.2) is 22.7 Å². The summed E-state index contributed by atoms with van der Waals surface area (Å²) in [5, 5.41) is 4.87. The summed E-state index contributed by atoms with van der Waals surface area (Å²) in [4.78, 5) is 11.1. The van der Waals surface area contributed by atoms with Crippen LogP contribution in [0.2, 0.25) is 0 Å². The first-order chi connectivity index (χ1) is 8.36. The van der Waals surface area contributed by atoms with Crippen molar-refractivity contribution in [3.8, 4) is 0 Å². The monoisotopic (exact) mass is 275 g/mol. The lowest BCUT2D eigenvalue weighted by molar-refractivity contribution is -0.103. The maximum atomic E-state index is 13.2. The number of hydrogen-bond donors (Lipinski definition) is 1. The molecule has 6 nitrogen and oxygen atoms in total. The molecule has 0 radical (unpaired) electrons. The van der Waals surface area contributed by atoms with Crippen molar-refractivity contribution in [3.63, 3.8) is 0 Å². The van der Waals surface area contributed by atoms with Gasteiger partial charge < -0.3 is 9.47 Å². The fourth-order valence-electron chi connectivity index (χ4n) is 1.35. The van der Waals surface area contributed by atoms with E-state index in [1.807, 2.05) is 0 Å². The van der Waals surface area contributed by atoms with E-state index < -0.39 is 26.7 Å². The molecule has 8 heteroatoms. The highest BCUT2D eigenvalue weighted by Crippen LogP contribution is 2.16. The van der Waals surface area contributed by atoms with E-state index in [0.717, 1.165) is 18.2 Å². The molecule has 1 aromatic carbocycles. The molecule has 0 spiro atoms. The summed E-state index contributed by atoms with van der Waals surface area (Å²) < 4.78 is 45.1. The molecule has 1 aliphatic rings. The van der Waals surface area contributed by atoms with Gasteiger partial charge in [0.15, 0.2) is 0 Å². The summed E-state index contributed by atoms with van der Waals surface area (Å²) in [6.07, 6.45) is -0.376. The fourth-order valence-corrected chi connectivity index (χ4v) is 1.91. The largest absolute Gasteiger partial charge is 0.454 e. The number of hydrogen-bond acceptors (Lipinski definition) is 5. The Morgan fingerprint density at radius 2 is 2.06 bits per heavy atom. The average molecular weight is 275 g/mol. The number of benzene rings is 1. The summed E-state index contributed by atoms with van der Waals surface area (Å²) in [5.74, 6) is -1.69. The number of carbonyl (C=O) groups excluding carboxylic acids is 1. The lowest BCUT2D eigenvalue weighted by atomic mass is 10.2. The van der Waals surface area contributed by atoms with Crippen LogP contribution in [-0.4, -0.2) is 33.7 Å². The van der Waals surface area contributed by atoms with Crippen LogP contribution < -0.4 is 5.14 Å². The molecule has 2 rings (SSSR count). The van der Waals surface area contributed by atoms with Crippen LogP contribution in [0.15, 0.2) is 23.1 Å². The van der Waals surface area contributed by atoms with E-state index in [-0.39, 0.29) is 24.9 Å². The van der Waals surface area contributed by atoms with Gasteiger partial charge in [-0.2, -0.15) is 0 Å². The number of sulfonamides is 1. The van der Waals surface area contributed by atoms with Crippen LogP contribution in [0, 0.1) is 5.82 Å². The van der Waals surface area contributed by atoms with Gasteiger partial charge in [0.1, 0.15) is 11.9 Å². The molecule has 0 aromatic heterocycles. The maximum Gasteiger partial charge on any atom is 0.338 e. The van der Waals surface area contributed by atoms with Crippen molar-refractivity contribution in [2.24, 2.45) is 5.14 Å². The molecular formula is C10H10FNO5S. The minimum Gasteiger partial charge on any atom is -0.454 e. The summed E-state index contributed by atoms with van der Waals surface area (Å²) >= 11 is 0. The third kappa shape index (κ3) is 2.84. The highest BCUT2D eigenvalue weighted by Gasteiger charge is 2.24. The zero-order chi connectivity index (χ0) is 13.3.